The monoisotopic (exact) mass is 157 g/mol. The van der Waals surface area contributed by atoms with E-state index >= 15 is 0 Å². The van der Waals surface area contributed by atoms with E-state index in [-0.39, 0.29) is 0 Å². The van der Waals surface area contributed by atoms with Crippen LogP contribution < -0.4 is 0 Å². The molecule has 1 nitrogen and oxygen atoms in total. The zero-order chi connectivity index (χ0) is 8.81. The summed E-state index contributed by atoms with van der Waals surface area (Å²) in [4.78, 5) is 0. The predicted molar refractivity (Wildman–Crippen MR) is 50.3 cm³/mol. The van der Waals surface area contributed by atoms with Crippen LogP contribution >= 0.6 is 0 Å². The lowest BCUT2D eigenvalue weighted by Gasteiger charge is -1.95. The van der Waals surface area contributed by atoms with Gasteiger partial charge in [0.15, 0.2) is 0 Å². The molecule has 0 radical (unpaired) electrons. The maximum Gasteiger partial charge on any atom is 0.0994 e. The Labute approximate surface area is 73.0 Å². The highest BCUT2D eigenvalue weighted by Gasteiger charge is 1.96. The summed E-state index contributed by atoms with van der Waals surface area (Å²) < 4.78 is 0. The molecule has 12 heavy (non-hydrogen) atoms. The van der Waals surface area contributed by atoms with Crippen LogP contribution in [0.25, 0.3) is 5.57 Å². The Balaban J connectivity index is 2.98. The van der Waals surface area contributed by atoms with Gasteiger partial charge in [-0.15, -0.1) is 0 Å². The molecule has 0 atom stereocenters. The second-order valence-electron chi connectivity index (χ2n) is 2.50. The fraction of sp³-hybridized carbons (Fsp3) is 0.182. The molecule has 0 unspecified atom stereocenters. The number of hydrogen-bond acceptors (Lipinski definition) is 1. The lowest BCUT2D eigenvalue weighted by Crippen LogP contribution is -1.78. The number of nitrogens with zero attached hydrogens (tertiary/aromatic N) is 1. The minimum Gasteiger partial charge on any atom is -0.192 e. The first kappa shape index (κ1) is 8.55. The molecule has 0 aliphatic heterocycles. The van der Waals surface area contributed by atoms with Crippen molar-refractivity contribution in [3.05, 3.63) is 42.0 Å². The average Bonchev–Trinajstić information content (AvgIpc) is 2.15. The highest BCUT2D eigenvalue weighted by molar-refractivity contribution is 5.76. The third-order valence-electron chi connectivity index (χ3n) is 1.61. The smallest absolute Gasteiger partial charge is 0.0994 e. The predicted octanol–water partition coefficient (Wildman–Crippen LogP) is 3.00. The lowest BCUT2D eigenvalue weighted by atomic mass is 10.1. The highest BCUT2D eigenvalue weighted by Crippen LogP contribution is 2.12. The third kappa shape index (κ3) is 1.96. The Morgan fingerprint density at radius 1 is 1.42 bits per heavy atom. The van der Waals surface area contributed by atoms with Crippen molar-refractivity contribution < 1.29 is 0 Å². The molecular formula is C11H11N. The molecule has 0 N–H and O–H groups in total. The number of benzene rings is 1. The van der Waals surface area contributed by atoms with Crippen LogP contribution in [0.5, 0.6) is 0 Å². The standard InChI is InChI=1S/C11H11N/c1-2-6-11(9-12)10-7-4-3-5-8-10/h3-8H,2H2,1H3. The van der Waals surface area contributed by atoms with E-state index in [0.29, 0.717) is 0 Å². The molecular weight excluding hydrogens is 146 g/mol. The largest absolute Gasteiger partial charge is 0.192 e. The van der Waals surface area contributed by atoms with Gasteiger partial charge >= 0.3 is 0 Å². The highest BCUT2D eigenvalue weighted by atomic mass is 14.2. The van der Waals surface area contributed by atoms with E-state index in [0.717, 1.165) is 17.6 Å². The Bertz CT molecular complexity index is 304. The van der Waals surface area contributed by atoms with Crippen molar-refractivity contribution in [2.45, 2.75) is 13.3 Å². The summed E-state index contributed by atoms with van der Waals surface area (Å²) in [5, 5.41) is 8.79. The van der Waals surface area contributed by atoms with Crippen LogP contribution in [0.15, 0.2) is 36.4 Å². The van der Waals surface area contributed by atoms with Gasteiger partial charge in [-0.2, -0.15) is 5.26 Å². The number of allylic oxidation sites excluding steroid dienone is 2. The van der Waals surface area contributed by atoms with Crippen LogP contribution in [0.2, 0.25) is 0 Å². The van der Waals surface area contributed by atoms with Crippen LogP contribution in [-0.4, -0.2) is 0 Å². The summed E-state index contributed by atoms with van der Waals surface area (Å²) in [6.45, 7) is 2.03. The summed E-state index contributed by atoms with van der Waals surface area (Å²) in [5.74, 6) is 0. The normalized spacial score (nSPS) is 10.8. The zero-order valence-electron chi connectivity index (χ0n) is 7.12. The molecule has 0 spiro atoms. The summed E-state index contributed by atoms with van der Waals surface area (Å²) in [6.07, 6.45) is 2.84. The quantitative estimate of drug-likeness (QED) is 0.605. The van der Waals surface area contributed by atoms with Gasteiger partial charge in [-0.25, -0.2) is 0 Å². The second-order valence-corrected chi connectivity index (χ2v) is 2.50. The number of hydrogen-bond donors (Lipinski definition) is 0. The molecule has 0 saturated carbocycles. The van der Waals surface area contributed by atoms with Gasteiger partial charge in [-0.1, -0.05) is 43.3 Å². The number of rotatable bonds is 2. The zero-order valence-corrected chi connectivity index (χ0v) is 7.12. The molecule has 1 aromatic rings. The Kier molecular flexibility index (Phi) is 3.10. The van der Waals surface area contributed by atoms with Crippen LogP contribution in [0.1, 0.15) is 18.9 Å². The van der Waals surface area contributed by atoms with E-state index in [9.17, 15) is 0 Å². The van der Waals surface area contributed by atoms with E-state index < -0.39 is 0 Å². The maximum atomic E-state index is 8.79. The van der Waals surface area contributed by atoms with Crippen molar-refractivity contribution in [2.24, 2.45) is 0 Å². The van der Waals surface area contributed by atoms with Crippen molar-refractivity contribution in [1.29, 1.82) is 5.26 Å². The van der Waals surface area contributed by atoms with Crippen LogP contribution in [0.3, 0.4) is 0 Å². The maximum absolute atomic E-state index is 8.79. The van der Waals surface area contributed by atoms with E-state index in [1.165, 1.54) is 0 Å². The van der Waals surface area contributed by atoms with Crippen molar-refractivity contribution >= 4 is 5.57 Å². The SMILES string of the molecule is CCC=C(C#N)c1ccccc1. The third-order valence-corrected chi connectivity index (χ3v) is 1.61. The van der Waals surface area contributed by atoms with Gasteiger partial charge in [0.25, 0.3) is 0 Å². The fourth-order valence-corrected chi connectivity index (χ4v) is 1.05. The molecule has 60 valence electrons. The molecule has 1 heteroatoms. The van der Waals surface area contributed by atoms with Crippen LogP contribution in [-0.2, 0) is 0 Å². The minimum absolute atomic E-state index is 0.762. The first-order valence-electron chi connectivity index (χ1n) is 4.04. The summed E-state index contributed by atoms with van der Waals surface area (Å²) >= 11 is 0. The van der Waals surface area contributed by atoms with E-state index in [1.807, 2.05) is 43.3 Å². The van der Waals surface area contributed by atoms with Gasteiger partial charge in [0.05, 0.1) is 11.6 Å². The first-order chi connectivity index (χ1) is 5.88. The second kappa shape index (κ2) is 4.35. The first-order valence-corrected chi connectivity index (χ1v) is 4.04. The van der Waals surface area contributed by atoms with Gasteiger partial charge in [0.2, 0.25) is 0 Å². The molecule has 0 aromatic heterocycles. The molecule has 1 aromatic carbocycles. The molecule has 0 heterocycles. The molecule has 1 rings (SSSR count). The Morgan fingerprint density at radius 2 is 2.08 bits per heavy atom. The Morgan fingerprint density at radius 3 is 2.58 bits per heavy atom. The summed E-state index contributed by atoms with van der Waals surface area (Å²) in [7, 11) is 0. The van der Waals surface area contributed by atoms with Crippen LogP contribution in [0.4, 0.5) is 0 Å². The van der Waals surface area contributed by atoms with Crippen molar-refractivity contribution in [1.82, 2.24) is 0 Å². The van der Waals surface area contributed by atoms with E-state index in [2.05, 4.69) is 6.07 Å². The minimum atomic E-state index is 0.762. The summed E-state index contributed by atoms with van der Waals surface area (Å²) in [6, 6.07) is 11.9. The molecule has 0 bridgehead atoms. The van der Waals surface area contributed by atoms with E-state index in [1.54, 1.807) is 0 Å². The lowest BCUT2D eigenvalue weighted by molar-refractivity contribution is 1.23. The fourth-order valence-electron chi connectivity index (χ4n) is 1.05. The summed E-state index contributed by atoms with van der Waals surface area (Å²) in [5.41, 5.74) is 1.76. The molecule has 0 amide bonds. The van der Waals surface area contributed by atoms with E-state index in [4.69, 9.17) is 5.26 Å². The molecule has 0 fully saturated rings. The molecule has 0 aliphatic rings. The van der Waals surface area contributed by atoms with Crippen molar-refractivity contribution in [3.63, 3.8) is 0 Å². The van der Waals surface area contributed by atoms with Gasteiger partial charge in [-0.3, -0.25) is 0 Å². The van der Waals surface area contributed by atoms with Gasteiger partial charge in [0.1, 0.15) is 0 Å². The topological polar surface area (TPSA) is 23.8 Å². The number of nitriles is 1. The molecule has 0 aliphatic carbocycles. The van der Waals surface area contributed by atoms with Crippen molar-refractivity contribution in [3.8, 4) is 6.07 Å². The van der Waals surface area contributed by atoms with Crippen LogP contribution in [0, 0.1) is 11.3 Å². The van der Waals surface area contributed by atoms with Gasteiger partial charge < -0.3 is 0 Å². The Hall–Kier alpha value is -1.55. The van der Waals surface area contributed by atoms with Gasteiger partial charge in [-0.05, 0) is 12.0 Å². The molecule has 0 saturated heterocycles. The van der Waals surface area contributed by atoms with Gasteiger partial charge in [0, 0.05) is 0 Å². The van der Waals surface area contributed by atoms with Crippen molar-refractivity contribution in [2.75, 3.05) is 0 Å². The average molecular weight is 157 g/mol.